The molecule has 0 amide bonds. The Bertz CT molecular complexity index is 523. The molecule has 0 radical (unpaired) electrons. The van der Waals surface area contributed by atoms with Gasteiger partial charge in [0.2, 0.25) is 0 Å². The molecular weight excluding hydrogens is 322 g/mol. The van der Waals surface area contributed by atoms with E-state index in [9.17, 15) is 0 Å². The summed E-state index contributed by atoms with van der Waals surface area (Å²) in [5, 5.41) is 5.73. The van der Waals surface area contributed by atoms with E-state index in [1.807, 2.05) is 12.1 Å². The van der Waals surface area contributed by atoms with Gasteiger partial charge in [0.1, 0.15) is 5.75 Å². The zero-order chi connectivity index (χ0) is 13.8. The van der Waals surface area contributed by atoms with Crippen molar-refractivity contribution in [2.75, 3.05) is 7.11 Å². The van der Waals surface area contributed by atoms with E-state index in [4.69, 9.17) is 4.74 Å². The summed E-state index contributed by atoms with van der Waals surface area (Å²) in [5.41, 5.74) is 1.27. The van der Waals surface area contributed by atoms with Gasteiger partial charge in [-0.3, -0.25) is 0 Å². The number of thiophene rings is 1. The van der Waals surface area contributed by atoms with Crippen molar-refractivity contribution in [3.63, 3.8) is 0 Å². The van der Waals surface area contributed by atoms with Crippen molar-refractivity contribution in [1.29, 1.82) is 0 Å². The molecule has 2 nitrogen and oxygen atoms in total. The van der Waals surface area contributed by atoms with Crippen molar-refractivity contribution >= 4 is 27.3 Å². The Morgan fingerprint density at radius 3 is 2.37 bits per heavy atom. The predicted octanol–water partition coefficient (Wildman–Crippen LogP) is 4.93. The van der Waals surface area contributed by atoms with Gasteiger partial charge in [-0.1, -0.05) is 12.1 Å². The summed E-state index contributed by atoms with van der Waals surface area (Å²) in [5.74, 6) is 0.895. The molecule has 0 bridgehead atoms. The highest BCUT2D eigenvalue weighted by Gasteiger charge is 2.12. The smallest absolute Gasteiger partial charge is 0.118 e. The Morgan fingerprint density at radius 2 is 1.84 bits per heavy atom. The number of nitrogens with one attached hydrogen (secondary N) is 1. The van der Waals surface area contributed by atoms with E-state index in [0.29, 0.717) is 12.1 Å². The Balaban J connectivity index is 2.01. The maximum absolute atomic E-state index is 5.18. The number of halogens is 1. The normalized spacial score (nSPS) is 14.1. The van der Waals surface area contributed by atoms with E-state index in [0.717, 1.165) is 10.2 Å². The standard InChI is InChI=1S/C15H18BrNOS/c1-10(12-4-6-14(18-3)7-5-12)17-11(2)15-8-13(16)9-19-15/h4-11,17H,1-3H3/t10-,11?/m1/s1. The molecule has 2 rings (SSSR count). The van der Waals surface area contributed by atoms with Crippen molar-refractivity contribution in [3.05, 3.63) is 50.6 Å². The molecule has 1 aromatic heterocycles. The van der Waals surface area contributed by atoms with Crippen LogP contribution in [0.4, 0.5) is 0 Å². The fourth-order valence-corrected chi connectivity index (χ4v) is 3.46. The highest BCUT2D eigenvalue weighted by molar-refractivity contribution is 9.10. The van der Waals surface area contributed by atoms with Crippen LogP contribution in [0.1, 0.15) is 36.4 Å². The average molecular weight is 340 g/mol. The van der Waals surface area contributed by atoms with E-state index in [-0.39, 0.29) is 0 Å². The van der Waals surface area contributed by atoms with Crippen LogP contribution in [0.25, 0.3) is 0 Å². The third kappa shape index (κ3) is 3.81. The first-order valence-corrected chi connectivity index (χ1v) is 7.91. The minimum atomic E-state index is 0.307. The molecule has 0 spiro atoms. The van der Waals surface area contributed by atoms with Gasteiger partial charge in [-0.05, 0) is 53.5 Å². The molecule has 0 aliphatic heterocycles. The van der Waals surface area contributed by atoms with Crippen LogP contribution >= 0.6 is 27.3 Å². The van der Waals surface area contributed by atoms with Crippen LogP contribution in [0.15, 0.2) is 40.2 Å². The number of benzene rings is 1. The van der Waals surface area contributed by atoms with Gasteiger partial charge < -0.3 is 10.1 Å². The summed E-state index contributed by atoms with van der Waals surface area (Å²) < 4.78 is 6.33. The molecule has 2 atom stereocenters. The predicted molar refractivity (Wildman–Crippen MR) is 85.0 cm³/mol. The quantitative estimate of drug-likeness (QED) is 0.833. The molecule has 1 aromatic carbocycles. The van der Waals surface area contributed by atoms with Crippen molar-refractivity contribution < 1.29 is 4.74 Å². The number of rotatable bonds is 5. The van der Waals surface area contributed by atoms with Gasteiger partial charge in [0.15, 0.2) is 0 Å². The van der Waals surface area contributed by atoms with Gasteiger partial charge in [-0.25, -0.2) is 0 Å². The second-order valence-electron chi connectivity index (χ2n) is 4.55. The monoisotopic (exact) mass is 339 g/mol. The molecule has 2 aromatic rings. The first kappa shape index (κ1) is 14.6. The van der Waals surface area contributed by atoms with Gasteiger partial charge >= 0.3 is 0 Å². The zero-order valence-electron chi connectivity index (χ0n) is 11.3. The summed E-state index contributed by atoms with van der Waals surface area (Å²) in [6.45, 7) is 4.37. The van der Waals surface area contributed by atoms with Crippen molar-refractivity contribution in [2.24, 2.45) is 0 Å². The van der Waals surface area contributed by atoms with E-state index in [2.05, 4.69) is 58.7 Å². The molecular formula is C15H18BrNOS. The number of hydrogen-bond donors (Lipinski definition) is 1. The maximum Gasteiger partial charge on any atom is 0.118 e. The van der Waals surface area contributed by atoms with Gasteiger partial charge in [0, 0.05) is 26.8 Å². The molecule has 0 saturated carbocycles. The zero-order valence-corrected chi connectivity index (χ0v) is 13.7. The lowest BCUT2D eigenvalue weighted by Gasteiger charge is -2.19. The largest absolute Gasteiger partial charge is 0.497 e. The Morgan fingerprint density at radius 1 is 1.16 bits per heavy atom. The Kier molecular flexibility index (Phi) is 5.02. The molecule has 1 N–H and O–H groups in total. The van der Waals surface area contributed by atoms with Crippen molar-refractivity contribution in [2.45, 2.75) is 25.9 Å². The number of ether oxygens (including phenoxy) is 1. The van der Waals surface area contributed by atoms with Gasteiger partial charge in [-0.15, -0.1) is 11.3 Å². The van der Waals surface area contributed by atoms with Gasteiger partial charge in [-0.2, -0.15) is 0 Å². The second kappa shape index (κ2) is 6.55. The molecule has 19 heavy (non-hydrogen) atoms. The van der Waals surface area contributed by atoms with Crippen LogP contribution in [-0.4, -0.2) is 7.11 Å². The van der Waals surface area contributed by atoms with Crippen LogP contribution in [0.5, 0.6) is 5.75 Å². The molecule has 0 aliphatic rings. The molecule has 4 heteroatoms. The molecule has 102 valence electrons. The first-order valence-electron chi connectivity index (χ1n) is 6.24. The topological polar surface area (TPSA) is 21.3 Å². The van der Waals surface area contributed by atoms with Crippen LogP contribution in [-0.2, 0) is 0 Å². The van der Waals surface area contributed by atoms with Crippen LogP contribution in [0.3, 0.4) is 0 Å². The summed E-state index contributed by atoms with van der Waals surface area (Å²) in [7, 11) is 1.69. The third-order valence-corrected chi connectivity index (χ3v) is 5.01. The summed E-state index contributed by atoms with van der Waals surface area (Å²) in [6, 6.07) is 11.0. The lowest BCUT2D eigenvalue weighted by atomic mass is 10.1. The lowest BCUT2D eigenvalue weighted by molar-refractivity contribution is 0.414. The van der Waals surface area contributed by atoms with E-state index in [1.165, 1.54) is 10.4 Å². The highest BCUT2D eigenvalue weighted by Crippen LogP contribution is 2.27. The van der Waals surface area contributed by atoms with Crippen molar-refractivity contribution in [1.82, 2.24) is 5.32 Å². The highest BCUT2D eigenvalue weighted by atomic mass is 79.9. The number of hydrogen-bond acceptors (Lipinski definition) is 3. The molecule has 1 heterocycles. The lowest BCUT2D eigenvalue weighted by Crippen LogP contribution is -2.21. The van der Waals surface area contributed by atoms with Crippen LogP contribution in [0.2, 0.25) is 0 Å². The minimum absolute atomic E-state index is 0.307. The summed E-state index contributed by atoms with van der Waals surface area (Å²) in [6.07, 6.45) is 0. The average Bonchev–Trinajstić information content (AvgIpc) is 2.85. The van der Waals surface area contributed by atoms with Crippen molar-refractivity contribution in [3.8, 4) is 5.75 Å². The maximum atomic E-state index is 5.18. The second-order valence-corrected chi connectivity index (χ2v) is 6.41. The fraction of sp³-hybridized carbons (Fsp3) is 0.333. The molecule has 0 saturated heterocycles. The van der Waals surface area contributed by atoms with Crippen LogP contribution < -0.4 is 10.1 Å². The SMILES string of the molecule is COc1ccc([C@@H](C)NC(C)c2cc(Br)cs2)cc1. The Hall–Kier alpha value is -0.840. The van der Waals surface area contributed by atoms with Crippen LogP contribution in [0, 0.1) is 0 Å². The fourth-order valence-electron chi connectivity index (χ4n) is 2.00. The summed E-state index contributed by atoms with van der Waals surface area (Å²) >= 11 is 5.27. The van der Waals surface area contributed by atoms with E-state index in [1.54, 1.807) is 18.4 Å². The summed E-state index contributed by atoms with van der Waals surface area (Å²) in [4.78, 5) is 1.34. The molecule has 1 unspecified atom stereocenters. The Labute approximate surface area is 126 Å². The van der Waals surface area contributed by atoms with E-state index >= 15 is 0 Å². The minimum Gasteiger partial charge on any atom is -0.497 e. The number of methoxy groups -OCH3 is 1. The van der Waals surface area contributed by atoms with Gasteiger partial charge in [0.05, 0.1) is 7.11 Å². The third-order valence-electron chi connectivity index (χ3n) is 3.13. The first-order chi connectivity index (χ1) is 9.10. The van der Waals surface area contributed by atoms with E-state index < -0.39 is 0 Å². The van der Waals surface area contributed by atoms with Gasteiger partial charge in [0.25, 0.3) is 0 Å². The molecule has 0 aliphatic carbocycles. The molecule has 0 fully saturated rings.